The van der Waals surface area contributed by atoms with Crippen LogP contribution < -0.4 is 5.32 Å². The third kappa shape index (κ3) is 4.68. The van der Waals surface area contributed by atoms with E-state index < -0.39 is 0 Å². The molecule has 0 unspecified atom stereocenters. The second-order valence-corrected chi connectivity index (χ2v) is 7.94. The molecular formula is C16H20N4OS2. The van der Waals surface area contributed by atoms with Gasteiger partial charge in [0.15, 0.2) is 4.34 Å². The highest BCUT2D eigenvalue weighted by Gasteiger charge is 2.21. The number of nitrogens with zero attached hydrogens (tertiary/aromatic N) is 3. The van der Waals surface area contributed by atoms with Gasteiger partial charge in [-0.3, -0.25) is 4.79 Å². The summed E-state index contributed by atoms with van der Waals surface area (Å²) in [6.07, 6.45) is 2.34. The quantitative estimate of drug-likeness (QED) is 0.836. The number of carbonyl (C=O) groups excluding carboxylic acids is 1. The van der Waals surface area contributed by atoms with Crippen LogP contribution in [0.3, 0.4) is 0 Å². The number of amides is 1. The Hall–Kier alpha value is -1.60. The Labute approximate surface area is 144 Å². The topological polar surface area (TPSA) is 58.1 Å². The van der Waals surface area contributed by atoms with Gasteiger partial charge in [0.05, 0.1) is 5.75 Å². The number of hydrogen-bond donors (Lipinski definition) is 1. The first-order chi connectivity index (χ1) is 11.2. The molecule has 1 aromatic carbocycles. The first-order valence-corrected chi connectivity index (χ1v) is 9.57. The average Bonchev–Trinajstić information content (AvgIpc) is 3.01. The van der Waals surface area contributed by atoms with Crippen molar-refractivity contribution < 1.29 is 4.79 Å². The summed E-state index contributed by atoms with van der Waals surface area (Å²) >= 11 is 2.94. The largest absolute Gasteiger partial charge is 0.342 e. The molecule has 1 amide bonds. The SMILES string of the molecule is C[C@H]1CCCN(C(=O)CSc2nnc(Nc3ccccc3)s2)C1. The summed E-state index contributed by atoms with van der Waals surface area (Å²) < 4.78 is 0.821. The smallest absolute Gasteiger partial charge is 0.233 e. The van der Waals surface area contributed by atoms with Gasteiger partial charge in [-0.15, -0.1) is 10.2 Å². The Morgan fingerprint density at radius 2 is 2.22 bits per heavy atom. The molecule has 1 N–H and O–H groups in total. The van der Waals surface area contributed by atoms with E-state index in [2.05, 4.69) is 22.4 Å². The summed E-state index contributed by atoms with van der Waals surface area (Å²) in [4.78, 5) is 14.2. The fourth-order valence-corrected chi connectivity index (χ4v) is 4.27. The highest BCUT2D eigenvalue weighted by atomic mass is 32.2. The summed E-state index contributed by atoms with van der Waals surface area (Å²) in [7, 11) is 0. The Morgan fingerprint density at radius 3 is 3.00 bits per heavy atom. The number of benzene rings is 1. The van der Waals surface area contributed by atoms with Gasteiger partial charge in [0.25, 0.3) is 0 Å². The summed E-state index contributed by atoms with van der Waals surface area (Å²) in [6.45, 7) is 3.98. The van der Waals surface area contributed by atoms with Crippen molar-refractivity contribution in [3.63, 3.8) is 0 Å². The lowest BCUT2D eigenvalue weighted by Gasteiger charge is -2.30. The molecule has 1 aliphatic rings. The lowest BCUT2D eigenvalue weighted by molar-refractivity contribution is -0.130. The van der Waals surface area contributed by atoms with E-state index in [4.69, 9.17) is 0 Å². The molecule has 23 heavy (non-hydrogen) atoms. The lowest BCUT2D eigenvalue weighted by atomic mass is 10.0. The number of likely N-dealkylation sites (tertiary alicyclic amines) is 1. The monoisotopic (exact) mass is 348 g/mol. The zero-order valence-electron chi connectivity index (χ0n) is 13.1. The van der Waals surface area contributed by atoms with Crippen molar-refractivity contribution >= 4 is 39.8 Å². The van der Waals surface area contributed by atoms with E-state index in [0.717, 1.165) is 34.7 Å². The number of thioether (sulfide) groups is 1. The zero-order chi connectivity index (χ0) is 16.1. The normalized spacial score (nSPS) is 18.0. The van der Waals surface area contributed by atoms with Crippen molar-refractivity contribution in [2.45, 2.75) is 24.1 Å². The Kier molecular flexibility index (Phi) is 5.51. The second-order valence-electron chi connectivity index (χ2n) is 5.74. The number of piperidine rings is 1. The van der Waals surface area contributed by atoms with Crippen LogP contribution in [0.2, 0.25) is 0 Å². The summed E-state index contributed by atoms with van der Waals surface area (Å²) in [6, 6.07) is 9.87. The van der Waals surface area contributed by atoms with Crippen LogP contribution in [-0.4, -0.2) is 39.8 Å². The van der Waals surface area contributed by atoms with E-state index >= 15 is 0 Å². The van der Waals surface area contributed by atoms with Crippen molar-refractivity contribution in [3.05, 3.63) is 30.3 Å². The molecule has 1 aromatic heterocycles. The second kappa shape index (κ2) is 7.79. The first kappa shape index (κ1) is 16.3. The van der Waals surface area contributed by atoms with Crippen molar-refractivity contribution in [3.8, 4) is 0 Å². The number of nitrogens with one attached hydrogen (secondary N) is 1. The number of anilines is 2. The van der Waals surface area contributed by atoms with Gasteiger partial charge in [-0.05, 0) is 30.9 Å². The molecule has 0 bridgehead atoms. The molecule has 1 fully saturated rings. The maximum atomic E-state index is 12.3. The fourth-order valence-electron chi connectivity index (χ4n) is 2.59. The van der Waals surface area contributed by atoms with Crippen LogP contribution in [0.5, 0.6) is 0 Å². The van der Waals surface area contributed by atoms with Gasteiger partial charge in [0, 0.05) is 18.8 Å². The van der Waals surface area contributed by atoms with Gasteiger partial charge in [-0.25, -0.2) is 0 Å². The molecule has 122 valence electrons. The van der Waals surface area contributed by atoms with Gasteiger partial charge < -0.3 is 10.2 Å². The van der Waals surface area contributed by atoms with Crippen LogP contribution in [0.25, 0.3) is 0 Å². The highest BCUT2D eigenvalue weighted by molar-refractivity contribution is 8.01. The van der Waals surface area contributed by atoms with Gasteiger partial charge in [0.1, 0.15) is 0 Å². The van der Waals surface area contributed by atoms with Crippen LogP contribution in [0.4, 0.5) is 10.8 Å². The van der Waals surface area contributed by atoms with Crippen molar-refractivity contribution in [2.24, 2.45) is 5.92 Å². The molecule has 1 atom stereocenters. The molecule has 1 saturated heterocycles. The van der Waals surface area contributed by atoms with Crippen molar-refractivity contribution in [1.82, 2.24) is 15.1 Å². The maximum Gasteiger partial charge on any atom is 0.233 e. The van der Waals surface area contributed by atoms with Gasteiger partial charge in [0.2, 0.25) is 11.0 Å². The number of carbonyl (C=O) groups is 1. The Balaban J connectivity index is 1.50. The van der Waals surface area contributed by atoms with Crippen LogP contribution in [0, 0.1) is 5.92 Å². The average molecular weight is 348 g/mol. The summed E-state index contributed by atoms with van der Waals surface area (Å²) in [5.41, 5.74) is 0.985. The van der Waals surface area contributed by atoms with E-state index in [1.165, 1.54) is 29.5 Å². The third-order valence-electron chi connectivity index (χ3n) is 3.76. The molecule has 0 saturated carbocycles. The molecule has 0 spiro atoms. The molecule has 2 heterocycles. The van der Waals surface area contributed by atoms with E-state index in [9.17, 15) is 4.79 Å². The highest BCUT2D eigenvalue weighted by Crippen LogP contribution is 2.28. The maximum absolute atomic E-state index is 12.3. The molecule has 0 aliphatic carbocycles. The first-order valence-electron chi connectivity index (χ1n) is 7.77. The number of hydrogen-bond acceptors (Lipinski definition) is 6. The summed E-state index contributed by atoms with van der Waals surface area (Å²) in [5.74, 6) is 1.25. The van der Waals surface area contributed by atoms with Crippen LogP contribution in [-0.2, 0) is 4.79 Å². The Morgan fingerprint density at radius 1 is 1.39 bits per heavy atom. The molecule has 7 heteroatoms. The molecule has 5 nitrogen and oxygen atoms in total. The molecule has 0 radical (unpaired) electrons. The lowest BCUT2D eigenvalue weighted by Crippen LogP contribution is -2.40. The van der Waals surface area contributed by atoms with Crippen LogP contribution in [0.15, 0.2) is 34.7 Å². The predicted molar refractivity (Wildman–Crippen MR) is 95.3 cm³/mol. The standard InChI is InChI=1S/C16H20N4OS2/c1-12-6-5-9-20(10-12)14(21)11-22-16-19-18-15(23-16)17-13-7-3-2-4-8-13/h2-4,7-8,12H,5-6,9-11H2,1H3,(H,17,18)/t12-/m0/s1. The molecule has 2 aromatic rings. The van der Waals surface area contributed by atoms with E-state index in [1.807, 2.05) is 35.2 Å². The van der Waals surface area contributed by atoms with E-state index in [-0.39, 0.29) is 5.91 Å². The van der Waals surface area contributed by atoms with Crippen molar-refractivity contribution in [2.75, 3.05) is 24.2 Å². The molecule has 3 rings (SSSR count). The van der Waals surface area contributed by atoms with Gasteiger partial charge in [-0.1, -0.05) is 48.2 Å². The molecular weight excluding hydrogens is 328 g/mol. The summed E-state index contributed by atoms with van der Waals surface area (Å²) in [5, 5.41) is 12.2. The van der Waals surface area contributed by atoms with Gasteiger partial charge in [-0.2, -0.15) is 0 Å². The number of aromatic nitrogens is 2. The molecule has 1 aliphatic heterocycles. The van der Waals surface area contributed by atoms with E-state index in [0.29, 0.717) is 11.7 Å². The minimum absolute atomic E-state index is 0.203. The number of para-hydroxylation sites is 1. The predicted octanol–water partition coefficient (Wildman–Crippen LogP) is 3.63. The van der Waals surface area contributed by atoms with E-state index in [1.54, 1.807) is 0 Å². The Bertz CT molecular complexity index is 647. The van der Waals surface area contributed by atoms with Crippen LogP contribution in [0.1, 0.15) is 19.8 Å². The third-order valence-corrected chi connectivity index (χ3v) is 5.72. The minimum Gasteiger partial charge on any atom is -0.342 e. The van der Waals surface area contributed by atoms with Gasteiger partial charge >= 0.3 is 0 Å². The van der Waals surface area contributed by atoms with Crippen LogP contribution >= 0.6 is 23.1 Å². The number of rotatable bonds is 5. The zero-order valence-corrected chi connectivity index (χ0v) is 14.7. The fraction of sp³-hybridized carbons (Fsp3) is 0.438. The minimum atomic E-state index is 0.203. The van der Waals surface area contributed by atoms with Crippen molar-refractivity contribution in [1.29, 1.82) is 0 Å².